The van der Waals surface area contributed by atoms with Gasteiger partial charge in [0.2, 0.25) is 0 Å². The molecule has 0 bridgehead atoms. The summed E-state index contributed by atoms with van der Waals surface area (Å²) in [5.74, 6) is 1.96. The van der Waals surface area contributed by atoms with Crippen molar-refractivity contribution in [3.05, 3.63) is 83.7 Å². The molecule has 9 nitrogen and oxygen atoms in total. The topological polar surface area (TPSA) is 109 Å². The summed E-state index contributed by atoms with van der Waals surface area (Å²) in [6.07, 6.45) is 6.86. The Morgan fingerprint density at radius 1 is 1.24 bits per heavy atom. The second-order valence-corrected chi connectivity index (χ2v) is 7.62. The Labute approximate surface area is 229 Å². The van der Waals surface area contributed by atoms with Crippen molar-refractivity contribution in [3.8, 4) is 5.75 Å². The van der Waals surface area contributed by atoms with Crippen molar-refractivity contribution in [2.75, 3.05) is 13.4 Å². The number of methoxy groups -OCH3 is 1. The Bertz CT molecular complexity index is 1300. The summed E-state index contributed by atoms with van der Waals surface area (Å²) in [6.45, 7) is 10.3. The molecule has 0 fully saturated rings. The number of hydrogen-bond donors (Lipinski definition) is 2. The normalized spacial score (nSPS) is 10.5. The fourth-order valence-corrected chi connectivity index (χ4v) is 3.09. The van der Waals surface area contributed by atoms with Gasteiger partial charge in [-0.25, -0.2) is 14.7 Å². The fraction of sp³-hybridized carbons (Fsp3) is 0.269. The van der Waals surface area contributed by atoms with Gasteiger partial charge in [0, 0.05) is 19.8 Å². The molecule has 4 rings (SSSR count). The fourth-order valence-electron chi connectivity index (χ4n) is 2.90. The lowest BCUT2D eigenvalue weighted by Crippen LogP contribution is -1.93. The van der Waals surface area contributed by atoms with E-state index in [-0.39, 0.29) is 5.82 Å². The zero-order chi connectivity index (χ0) is 27.8. The number of hydrogen-bond acceptors (Lipinski definition) is 8. The first kappa shape index (κ1) is 31.4. The summed E-state index contributed by atoms with van der Waals surface area (Å²) in [7, 11) is 3.61. The van der Waals surface area contributed by atoms with E-state index in [9.17, 15) is 0 Å². The van der Waals surface area contributed by atoms with Crippen LogP contribution in [0.3, 0.4) is 0 Å². The Kier molecular flexibility index (Phi) is 14.4. The van der Waals surface area contributed by atoms with E-state index in [0.29, 0.717) is 10.8 Å². The number of aromatic nitrogens is 6. The van der Waals surface area contributed by atoms with Crippen LogP contribution in [0, 0.1) is 6.92 Å². The van der Waals surface area contributed by atoms with Gasteiger partial charge in [-0.05, 0) is 72.9 Å². The van der Waals surface area contributed by atoms with Gasteiger partial charge in [-0.2, -0.15) is 12.6 Å². The number of halogens is 1. The van der Waals surface area contributed by atoms with E-state index in [1.807, 2.05) is 64.2 Å². The van der Waals surface area contributed by atoms with E-state index in [1.165, 1.54) is 5.52 Å². The van der Waals surface area contributed by atoms with Crippen LogP contribution < -0.4 is 10.5 Å². The third-order valence-electron chi connectivity index (χ3n) is 4.89. The number of rotatable bonds is 5. The predicted molar refractivity (Wildman–Crippen MR) is 157 cm³/mol. The number of nitrogens with zero attached hydrogens (tertiary/aromatic N) is 7. The van der Waals surface area contributed by atoms with Gasteiger partial charge < -0.3 is 15.0 Å². The number of aryl methyl sites for hydroxylation is 3. The average Bonchev–Trinajstić information content (AvgIpc) is 3.55. The lowest BCUT2D eigenvalue weighted by Gasteiger charge is -2.06. The van der Waals surface area contributed by atoms with Crippen LogP contribution in [-0.2, 0) is 13.6 Å². The summed E-state index contributed by atoms with van der Waals surface area (Å²) < 4.78 is 8.91. The van der Waals surface area contributed by atoms with Crippen molar-refractivity contribution in [1.29, 1.82) is 0 Å². The van der Waals surface area contributed by atoms with Crippen molar-refractivity contribution in [2.24, 2.45) is 17.8 Å². The van der Waals surface area contributed by atoms with Gasteiger partial charge in [-0.15, -0.1) is 5.10 Å². The third kappa shape index (κ3) is 10.1. The number of imidazole rings is 1. The predicted octanol–water partition coefficient (Wildman–Crippen LogP) is 5.37. The van der Waals surface area contributed by atoms with Gasteiger partial charge in [0.25, 0.3) is 0 Å². The number of para-hydroxylation sites is 2. The summed E-state index contributed by atoms with van der Waals surface area (Å²) in [5.41, 5.74) is 9.54. The highest BCUT2D eigenvalue weighted by molar-refractivity contribution is 7.79. The molecule has 0 unspecified atom stereocenters. The zero-order valence-corrected chi connectivity index (χ0v) is 23.8. The highest BCUT2D eigenvalue weighted by Crippen LogP contribution is 2.27. The van der Waals surface area contributed by atoms with E-state index in [0.717, 1.165) is 29.0 Å². The molecular weight excluding hydrogens is 508 g/mol. The van der Waals surface area contributed by atoms with Crippen LogP contribution in [0.25, 0.3) is 16.6 Å². The van der Waals surface area contributed by atoms with Crippen LogP contribution in [0.2, 0.25) is 5.02 Å². The molecule has 2 aromatic carbocycles. The van der Waals surface area contributed by atoms with E-state index in [4.69, 9.17) is 22.1 Å². The van der Waals surface area contributed by atoms with Gasteiger partial charge >= 0.3 is 0 Å². The van der Waals surface area contributed by atoms with Crippen molar-refractivity contribution in [3.63, 3.8) is 0 Å². The van der Waals surface area contributed by atoms with Crippen LogP contribution in [0.5, 0.6) is 5.75 Å². The maximum Gasteiger partial charge on any atom is 0.138 e. The van der Waals surface area contributed by atoms with Crippen molar-refractivity contribution in [1.82, 2.24) is 29.8 Å². The standard InChI is InChI=1S/C13H15ClN2O.C9H10N2.C3H6N4.CH4S/c1-4-10(8-16-9(2)15)11-5-6-12(14)13(7-11)17-3;1-7-10-8-5-3-4-6-9(8)11(7)2;1-2-7-3-4-5-6-7;1-2/h4-8H,2,15H2,1,3H3;3-6H,1-2H3;3H,2H2,1H3;2H,1H3/b10-4+,16-8-;;;. The lowest BCUT2D eigenvalue weighted by atomic mass is 10.1. The lowest BCUT2D eigenvalue weighted by molar-refractivity contribution is 0.415. The molecule has 0 aliphatic rings. The van der Waals surface area contributed by atoms with Crippen LogP contribution in [0.4, 0.5) is 0 Å². The molecule has 0 radical (unpaired) electrons. The molecule has 2 aromatic heterocycles. The average molecular weight is 543 g/mol. The summed E-state index contributed by atoms with van der Waals surface area (Å²) >= 11 is 9.49. The van der Waals surface area contributed by atoms with Gasteiger partial charge in [-0.3, -0.25) is 0 Å². The number of ether oxygens (including phenoxy) is 1. The molecule has 4 aromatic rings. The van der Waals surface area contributed by atoms with E-state index in [1.54, 1.807) is 36.7 Å². The molecule has 11 heteroatoms. The number of nitrogens with two attached hydrogens (primary N) is 1. The Morgan fingerprint density at radius 2 is 1.95 bits per heavy atom. The monoisotopic (exact) mass is 542 g/mol. The summed E-state index contributed by atoms with van der Waals surface area (Å²) in [4.78, 5) is 8.34. The number of thiol groups is 1. The maximum atomic E-state index is 5.96. The highest BCUT2D eigenvalue weighted by atomic mass is 35.5. The summed E-state index contributed by atoms with van der Waals surface area (Å²) in [6, 6.07) is 13.7. The number of fused-ring (bicyclic) bond motifs is 1. The minimum atomic E-state index is 0.269. The SMILES string of the molecule is C=C(N)/N=C\C(=C/C)c1ccc(Cl)c(OC)c1.CCn1cnnn1.CS.Cc1nc2ccccc2n1C. The first-order valence-corrected chi connectivity index (χ1v) is 12.6. The number of allylic oxidation sites excluding steroid dienone is 2. The second kappa shape index (κ2) is 16.9. The Morgan fingerprint density at radius 3 is 2.46 bits per heavy atom. The molecule has 37 heavy (non-hydrogen) atoms. The van der Waals surface area contributed by atoms with E-state index < -0.39 is 0 Å². The van der Waals surface area contributed by atoms with Gasteiger partial charge in [-0.1, -0.05) is 42.5 Å². The highest BCUT2D eigenvalue weighted by Gasteiger charge is 2.04. The molecular formula is C26H35ClN8OS. The molecule has 198 valence electrons. The minimum absolute atomic E-state index is 0.269. The number of tetrazole rings is 1. The summed E-state index contributed by atoms with van der Waals surface area (Å²) in [5, 5.41) is 11.0. The first-order valence-electron chi connectivity index (χ1n) is 11.3. The van der Waals surface area contributed by atoms with Crippen molar-refractivity contribution >= 4 is 47.1 Å². The third-order valence-corrected chi connectivity index (χ3v) is 5.20. The molecule has 0 saturated heterocycles. The molecule has 0 aliphatic heterocycles. The molecule has 2 heterocycles. The Hall–Kier alpha value is -3.63. The van der Waals surface area contributed by atoms with Crippen LogP contribution in [-0.4, -0.2) is 49.3 Å². The maximum absolute atomic E-state index is 5.96. The van der Waals surface area contributed by atoms with Gasteiger partial charge in [0.05, 0.1) is 23.2 Å². The minimum Gasteiger partial charge on any atom is -0.495 e. The molecule has 0 aliphatic carbocycles. The number of benzene rings is 2. The van der Waals surface area contributed by atoms with Crippen molar-refractivity contribution in [2.45, 2.75) is 27.3 Å². The van der Waals surface area contributed by atoms with E-state index >= 15 is 0 Å². The first-order chi connectivity index (χ1) is 17.8. The van der Waals surface area contributed by atoms with Crippen LogP contribution in [0.1, 0.15) is 25.2 Å². The smallest absolute Gasteiger partial charge is 0.138 e. The van der Waals surface area contributed by atoms with Gasteiger partial charge in [0.1, 0.15) is 23.7 Å². The van der Waals surface area contributed by atoms with Crippen LogP contribution in [0.15, 0.2) is 72.3 Å². The Balaban J connectivity index is 0.000000291. The van der Waals surface area contributed by atoms with Crippen molar-refractivity contribution < 1.29 is 4.74 Å². The van der Waals surface area contributed by atoms with Crippen LogP contribution >= 0.6 is 24.2 Å². The molecule has 0 saturated carbocycles. The quantitative estimate of drug-likeness (QED) is 0.259. The van der Waals surface area contributed by atoms with Gasteiger partial charge in [0.15, 0.2) is 0 Å². The molecule has 2 N–H and O–H groups in total. The number of aliphatic imine (C=N–C) groups is 1. The molecule has 0 spiro atoms. The molecule has 0 amide bonds. The molecule has 0 atom stereocenters. The zero-order valence-electron chi connectivity index (χ0n) is 22.1. The second-order valence-electron chi connectivity index (χ2n) is 7.22. The largest absolute Gasteiger partial charge is 0.495 e. The van der Waals surface area contributed by atoms with E-state index in [2.05, 4.69) is 55.3 Å².